The van der Waals surface area contributed by atoms with Crippen LogP contribution in [0.4, 0.5) is 5.69 Å². The number of unbranched alkanes of at least 4 members (excludes halogenated alkanes) is 1. The third-order valence-corrected chi connectivity index (χ3v) is 10.5. The average Bonchev–Trinajstić information content (AvgIpc) is 3.67. The molecule has 3 aliphatic heterocycles. The van der Waals surface area contributed by atoms with E-state index in [-0.39, 0.29) is 30.0 Å². The van der Waals surface area contributed by atoms with Gasteiger partial charge >= 0.3 is 0 Å². The molecule has 2 saturated heterocycles. The van der Waals surface area contributed by atoms with E-state index in [0.29, 0.717) is 18.0 Å². The zero-order valence-electron chi connectivity index (χ0n) is 25.6. The molecular weight excluding hydrogens is 620 g/mol. The number of amides is 4. The molecule has 0 spiro atoms. The van der Waals surface area contributed by atoms with Crippen LogP contribution < -0.4 is 10.6 Å². The van der Waals surface area contributed by atoms with Gasteiger partial charge in [0.05, 0.1) is 46.3 Å². The minimum atomic E-state index is -1.07. The third kappa shape index (κ3) is 6.35. The summed E-state index contributed by atoms with van der Waals surface area (Å²) in [5.41, 5.74) is 4.60. The smallest absolute Gasteiger partial charge is 0.262 e. The highest BCUT2D eigenvalue weighted by molar-refractivity contribution is 7.89. The molecule has 0 aliphatic carbocycles. The fourth-order valence-electron chi connectivity index (χ4n) is 6.37. The van der Waals surface area contributed by atoms with E-state index in [1.54, 1.807) is 24.4 Å². The average molecular weight is 655 g/mol. The van der Waals surface area contributed by atoms with Crippen molar-refractivity contribution in [3.05, 3.63) is 72.2 Å². The summed E-state index contributed by atoms with van der Waals surface area (Å²) < 4.78 is 17.1. The first kappa shape index (κ1) is 31.0. The van der Waals surface area contributed by atoms with E-state index in [0.717, 1.165) is 66.0 Å². The van der Waals surface area contributed by atoms with E-state index in [9.17, 15) is 23.7 Å². The molecule has 7 rings (SSSR count). The molecule has 2 N–H and O–H groups in total. The van der Waals surface area contributed by atoms with E-state index < -0.39 is 41.0 Å². The molecule has 2 fully saturated rings. The maximum Gasteiger partial charge on any atom is 0.262 e. The Labute approximate surface area is 274 Å². The van der Waals surface area contributed by atoms with E-state index in [1.165, 1.54) is 0 Å². The summed E-state index contributed by atoms with van der Waals surface area (Å²) in [7, 11) is 0. The van der Waals surface area contributed by atoms with E-state index in [4.69, 9.17) is 4.98 Å². The SMILES string of the molecule is O=C1CCC(N2C(=O)c3ccc(NCCCC[S+]([O-])N4CCC(n5cc(-c6cnc7ccccc7n6)cn5)CC4)cc3C2=O)C(=O)N1. The van der Waals surface area contributed by atoms with Crippen molar-refractivity contribution in [1.29, 1.82) is 0 Å². The van der Waals surface area contributed by atoms with Crippen LogP contribution in [-0.4, -0.2) is 88.6 Å². The van der Waals surface area contributed by atoms with Gasteiger partial charge in [0.15, 0.2) is 0 Å². The number of aromatic nitrogens is 4. The van der Waals surface area contributed by atoms with Gasteiger partial charge < -0.3 is 9.87 Å². The molecule has 2 atom stereocenters. The Morgan fingerprint density at radius 2 is 1.72 bits per heavy atom. The van der Waals surface area contributed by atoms with Gasteiger partial charge in [0.25, 0.3) is 11.8 Å². The summed E-state index contributed by atoms with van der Waals surface area (Å²) in [6, 6.07) is 12.0. The number of nitrogens with zero attached hydrogens (tertiary/aromatic N) is 6. The predicted octanol–water partition coefficient (Wildman–Crippen LogP) is 3.09. The molecule has 242 valence electrons. The first-order valence-electron chi connectivity index (χ1n) is 15.8. The summed E-state index contributed by atoms with van der Waals surface area (Å²) >= 11 is -1.07. The number of hydrogen-bond acceptors (Lipinski definition) is 10. The standard InChI is InChI=1S/C33H34N8O5S/c42-30-10-9-29(31(43)38-30)41-32(44)24-8-7-22(17-25(24)33(41)45)34-13-3-4-16-47(46)39-14-11-23(12-15-39)40-20-21(18-36-40)28-19-35-26-5-1-2-6-27(26)37-28/h1-2,5-8,17-20,23,29,34H,3-4,9-16H2,(H,38,42,43). The van der Waals surface area contributed by atoms with Crippen LogP contribution >= 0.6 is 0 Å². The van der Waals surface area contributed by atoms with Crippen LogP contribution in [0.1, 0.15) is 65.3 Å². The largest absolute Gasteiger partial charge is 0.598 e. The Bertz CT molecular complexity index is 1860. The number of carbonyl (C=O) groups is 4. The number of rotatable bonds is 10. The second kappa shape index (κ2) is 13.2. The lowest BCUT2D eigenvalue weighted by atomic mass is 10.0. The van der Waals surface area contributed by atoms with Gasteiger partial charge in [-0.25, -0.2) is 4.98 Å². The molecule has 0 bridgehead atoms. The Morgan fingerprint density at radius 1 is 0.936 bits per heavy atom. The van der Waals surface area contributed by atoms with Gasteiger partial charge in [-0.15, -0.1) is 4.31 Å². The Kier molecular flexibility index (Phi) is 8.71. The highest BCUT2D eigenvalue weighted by atomic mass is 32.2. The number of carbonyl (C=O) groups excluding carboxylic acids is 4. The summed E-state index contributed by atoms with van der Waals surface area (Å²) in [5, 5.41) is 10.1. The van der Waals surface area contributed by atoms with Crippen molar-refractivity contribution in [2.75, 3.05) is 30.7 Å². The normalized spacial score (nSPS) is 19.7. The molecule has 2 unspecified atom stereocenters. The lowest BCUT2D eigenvalue weighted by Gasteiger charge is -2.32. The number of piperidine rings is 2. The molecule has 14 heteroatoms. The second-order valence-electron chi connectivity index (χ2n) is 12.0. The van der Waals surface area contributed by atoms with Crippen molar-refractivity contribution >= 4 is 51.7 Å². The van der Waals surface area contributed by atoms with Gasteiger partial charge in [-0.2, -0.15) is 5.10 Å². The maximum atomic E-state index is 13.1. The minimum absolute atomic E-state index is 0.0788. The number of fused-ring (bicyclic) bond motifs is 2. The van der Waals surface area contributed by atoms with E-state index in [2.05, 4.69) is 20.7 Å². The highest BCUT2D eigenvalue weighted by Gasteiger charge is 2.44. The van der Waals surface area contributed by atoms with Gasteiger partial charge in [-0.3, -0.25) is 39.1 Å². The number of anilines is 1. The Hall–Kier alpha value is -4.66. The number of imide groups is 2. The number of para-hydroxylation sites is 2. The van der Waals surface area contributed by atoms with Crippen molar-refractivity contribution in [2.24, 2.45) is 0 Å². The molecule has 4 aromatic rings. The fourth-order valence-corrected chi connectivity index (χ4v) is 7.70. The number of hydrogen-bond donors (Lipinski definition) is 2. The van der Waals surface area contributed by atoms with Crippen LogP contribution in [0.2, 0.25) is 0 Å². The van der Waals surface area contributed by atoms with Crippen molar-refractivity contribution in [3.63, 3.8) is 0 Å². The summed E-state index contributed by atoms with van der Waals surface area (Å²) in [6.07, 6.45) is 9.09. The van der Waals surface area contributed by atoms with E-state index >= 15 is 0 Å². The fraction of sp³-hybridized carbons (Fsp3) is 0.364. The van der Waals surface area contributed by atoms with Gasteiger partial charge in [-0.1, -0.05) is 12.1 Å². The Balaban J connectivity index is 0.846. The summed E-state index contributed by atoms with van der Waals surface area (Å²) in [4.78, 5) is 59.9. The molecule has 2 aromatic carbocycles. The quantitative estimate of drug-likeness (QED) is 0.147. The zero-order valence-corrected chi connectivity index (χ0v) is 26.4. The molecule has 4 amide bonds. The molecule has 13 nitrogen and oxygen atoms in total. The molecule has 47 heavy (non-hydrogen) atoms. The zero-order chi connectivity index (χ0) is 32.5. The lowest BCUT2D eigenvalue weighted by molar-refractivity contribution is -0.136. The first-order valence-corrected chi connectivity index (χ1v) is 17.1. The second-order valence-corrected chi connectivity index (χ2v) is 13.5. The van der Waals surface area contributed by atoms with Crippen LogP contribution in [0.25, 0.3) is 22.3 Å². The lowest BCUT2D eigenvalue weighted by Crippen LogP contribution is -2.54. The minimum Gasteiger partial charge on any atom is -0.598 e. The van der Waals surface area contributed by atoms with Crippen LogP contribution in [0.5, 0.6) is 0 Å². The molecule has 3 aliphatic rings. The molecule has 2 aromatic heterocycles. The van der Waals surface area contributed by atoms with Crippen LogP contribution in [0, 0.1) is 0 Å². The van der Waals surface area contributed by atoms with Gasteiger partial charge in [0.2, 0.25) is 11.8 Å². The van der Waals surface area contributed by atoms with Crippen molar-refractivity contribution in [3.8, 4) is 11.3 Å². The van der Waals surface area contributed by atoms with Crippen molar-refractivity contribution < 1.29 is 23.7 Å². The van der Waals surface area contributed by atoms with Gasteiger partial charge in [0, 0.05) is 54.9 Å². The maximum absolute atomic E-state index is 13.1. The van der Waals surface area contributed by atoms with Crippen molar-refractivity contribution in [1.82, 2.24) is 34.3 Å². The first-order chi connectivity index (χ1) is 22.9. The van der Waals surface area contributed by atoms with Crippen LogP contribution in [0.3, 0.4) is 0 Å². The van der Waals surface area contributed by atoms with E-state index in [1.807, 2.05) is 45.6 Å². The Morgan fingerprint density at radius 3 is 2.53 bits per heavy atom. The van der Waals surface area contributed by atoms with Gasteiger partial charge in [0.1, 0.15) is 11.8 Å². The third-order valence-electron chi connectivity index (χ3n) is 8.95. The predicted molar refractivity (Wildman–Crippen MR) is 174 cm³/mol. The van der Waals surface area contributed by atoms with Crippen molar-refractivity contribution in [2.45, 2.75) is 50.6 Å². The molecule has 0 radical (unpaired) electrons. The summed E-state index contributed by atoms with van der Waals surface area (Å²) in [6.45, 7) is 2.08. The highest BCUT2D eigenvalue weighted by Crippen LogP contribution is 2.30. The summed E-state index contributed by atoms with van der Waals surface area (Å²) in [5.74, 6) is -1.53. The topological polar surface area (TPSA) is 165 Å². The monoisotopic (exact) mass is 654 g/mol. The molecule has 0 saturated carbocycles. The van der Waals surface area contributed by atoms with Gasteiger partial charge in [-0.05, 0) is 62.4 Å². The van der Waals surface area contributed by atoms with Crippen LogP contribution in [-0.2, 0) is 21.0 Å². The number of nitrogens with one attached hydrogen (secondary N) is 2. The molecular formula is C33H34N8O5S. The van der Waals surface area contributed by atoms with Crippen LogP contribution in [0.15, 0.2) is 61.1 Å². The molecule has 5 heterocycles. The number of benzene rings is 2.